The SMILES string of the molecule is COc1nn(C)c([C@@H](C)N(C)C(=O)OC(C)(C)C)c1Br. The quantitative estimate of drug-likeness (QED) is 0.842. The zero-order valence-electron chi connectivity index (χ0n) is 13.0. The van der Waals surface area contributed by atoms with E-state index >= 15 is 0 Å². The molecule has 0 aliphatic heterocycles. The van der Waals surface area contributed by atoms with Gasteiger partial charge in [0.25, 0.3) is 0 Å². The number of ether oxygens (including phenoxy) is 2. The number of hydrogen-bond acceptors (Lipinski definition) is 4. The van der Waals surface area contributed by atoms with E-state index in [1.807, 2.05) is 34.7 Å². The molecule has 0 aromatic carbocycles. The summed E-state index contributed by atoms with van der Waals surface area (Å²) in [5.41, 5.74) is 0.321. The van der Waals surface area contributed by atoms with Crippen LogP contribution in [-0.2, 0) is 11.8 Å². The normalized spacial score (nSPS) is 13.0. The molecule has 6 nitrogen and oxygen atoms in total. The van der Waals surface area contributed by atoms with Crippen molar-refractivity contribution in [2.45, 2.75) is 39.3 Å². The molecular weight excluding hydrogens is 326 g/mol. The van der Waals surface area contributed by atoms with Crippen LogP contribution in [0.1, 0.15) is 39.4 Å². The third-order valence-corrected chi connectivity index (χ3v) is 3.60. The van der Waals surface area contributed by atoms with Crippen molar-refractivity contribution in [3.05, 3.63) is 10.2 Å². The van der Waals surface area contributed by atoms with Gasteiger partial charge in [-0.1, -0.05) is 0 Å². The first-order chi connectivity index (χ1) is 9.08. The number of halogens is 1. The van der Waals surface area contributed by atoms with Gasteiger partial charge in [-0.05, 0) is 43.6 Å². The third kappa shape index (κ3) is 3.65. The zero-order chi connectivity index (χ0) is 15.7. The van der Waals surface area contributed by atoms with E-state index in [9.17, 15) is 4.79 Å². The summed E-state index contributed by atoms with van der Waals surface area (Å²) in [6.45, 7) is 7.43. The number of methoxy groups -OCH3 is 1. The van der Waals surface area contributed by atoms with Gasteiger partial charge in [-0.3, -0.25) is 4.68 Å². The molecule has 1 atom stereocenters. The lowest BCUT2D eigenvalue weighted by Gasteiger charge is -2.28. The maximum Gasteiger partial charge on any atom is 0.410 e. The summed E-state index contributed by atoms with van der Waals surface area (Å²) in [7, 11) is 5.06. The molecule has 114 valence electrons. The number of aromatic nitrogens is 2. The van der Waals surface area contributed by atoms with E-state index < -0.39 is 5.60 Å². The van der Waals surface area contributed by atoms with Gasteiger partial charge in [0.2, 0.25) is 5.88 Å². The number of hydrogen-bond donors (Lipinski definition) is 0. The molecule has 0 bridgehead atoms. The van der Waals surface area contributed by atoms with Crippen molar-refractivity contribution in [3.8, 4) is 5.88 Å². The van der Waals surface area contributed by atoms with E-state index in [1.54, 1.807) is 18.8 Å². The van der Waals surface area contributed by atoms with Crippen LogP contribution in [-0.4, -0.2) is 40.5 Å². The highest BCUT2D eigenvalue weighted by Crippen LogP contribution is 2.33. The average Bonchev–Trinajstić information content (AvgIpc) is 2.60. The number of carbonyl (C=O) groups is 1. The lowest BCUT2D eigenvalue weighted by molar-refractivity contribution is 0.0227. The van der Waals surface area contributed by atoms with Crippen LogP contribution in [0.15, 0.2) is 4.47 Å². The van der Waals surface area contributed by atoms with Crippen LogP contribution in [0.4, 0.5) is 4.79 Å². The van der Waals surface area contributed by atoms with E-state index in [4.69, 9.17) is 9.47 Å². The van der Waals surface area contributed by atoms with Gasteiger partial charge in [0, 0.05) is 14.1 Å². The molecule has 0 N–H and O–H groups in total. The van der Waals surface area contributed by atoms with Crippen LogP contribution < -0.4 is 4.74 Å². The fourth-order valence-corrected chi connectivity index (χ4v) is 2.57. The lowest BCUT2D eigenvalue weighted by atomic mass is 10.2. The molecule has 0 radical (unpaired) electrons. The van der Waals surface area contributed by atoms with Gasteiger partial charge in [-0.2, -0.15) is 0 Å². The van der Waals surface area contributed by atoms with Gasteiger partial charge >= 0.3 is 6.09 Å². The predicted molar refractivity (Wildman–Crippen MR) is 79.9 cm³/mol. The topological polar surface area (TPSA) is 56.6 Å². The molecule has 20 heavy (non-hydrogen) atoms. The molecule has 1 rings (SSSR count). The first-order valence-electron chi connectivity index (χ1n) is 6.30. The van der Waals surface area contributed by atoms with Crippen molar-refractivity contribution in [2.75, 3.05) is 14.2 Å². The van der Waals surface area contributed by atoms with Crippen LogP contribution in [0.3, 0.4) is 0 Å². The van der Waals surface area contributed by atoms with Gasteiger partial charge in [0.15, 0.2) is 0 Å². The van der Waals surface area contributed by atoms with Crippen LogP contribution in [0.25, 0.3) is 0 Å². The molecule has 0 fully saturated rings. The molecule has 0 spiro atoms. The minimum Gasteiger partial charge on any atom is -0.479 e. The summed E-state index contributed by atoms with van der Waals surface area (Å²) in [6, 6.07) is -0.208. The highest BCUT2D eigenvalue weighted by Gasteiger charge is 2.28. The van der Waals surface area contributed by atoms with Crippen LogP contribution in [0, 0.1) is 0 Å². The summed E-state index contributed by atoms with van der Waals surface area (Å²) in [5, 5.41) is 4.23. The lowest BCUT2D eigenvalue weighted by Crippen LogP contribution is -2.36. The number of nitrogens with zero attached hydrogens (tertiary/aromatic N) is 3. The Morgan fingerprint density at radius 3 is 2.40 bits per heavy atom. The maximum atomic E-state index is 12.1. The van der Waals surface area contributed by atoms with Crippen LogP contribution >= 0.6 is 15.9 Å². The summed E-state index contributed by atoms with van der Waals surface area (Å²) in [6.07, 6.45) is -0.378. The van der Waals surface area contributed by atoms with E-state index in [2.05, 4.69) is 21.0 Å². The molecule has 1 aromatic rings. The van der Waals surface area contributed by atoms with E-state index in [0.717, 1.165) is 10.2 Å². The Labute approximate surface area is 128 Å². The maximum absolute atomic E-state index is 12.1. The van der Waals surface area contributed by atoms with Crippen molar-refractivity contribution < 1.29 is 14.3 Å². The minimum atomic E-state index is -0.521. The summed E-state index contributed by atoms with van der Waals surface area (Å²) in [4.78, 5) is 13.6. The fraction of sp³-hybridized carbons (Fsp3) is 0.692. The second-order valence-electron chi connectivity index (χ2n) is 5.60. The summed E-state index contributed by atoms with van der Waals surface area (Å²) < 4.78 is 13.0. The van der Waals surface area contributed by atoms with Gasteiger partial charge in [0.05, 0.1) is 18.8 Å². The highest BCUT2D eigenvalue weighted by molar-refractivity contribution is 9.10. The Morgan fingerprint density at radius 2 is 2.00 bits per heavy atom. The van der Waals surface area contributed by atoms with Crippen LogP contribution in [0.5, 0.6) is 5.88 Å². The molecule has 0 saturated heterocycles. The zero-order valence-corrected chi connectivity index (χ0v) is 14.6. The molecule has 7 heteroatoms. The smallest absolute Gasteiger partial charge is 0.410 e. The Hall–Kier alpha value is -1.24. The van der Waals surface area contributed by atoms with Crippen molar-refractivity contribution in [2.24, 2.45) is 7.05 Å². The number of carbonyl (C=O) groups excluding carboxylic acids is 1. The Kier molecular flexibility index (Phi) is 5.07. The van der Waals surface area contributed by atoms with E-state index in [-0.39, 0.29) is 12.1 Å². The molecular formula is C13H22BrN3O3. The first kappa shape index (κ1) is 16.8. The Bertz CT molecular complexity index is 494. The van der Waals surface area contributed by atoms with Gasteiger partial charge < -0.3 is 14.4 Å². The van der Waals surface area contributed by atoms with Crippen molar-refractivity contribution in [3.63, 3.8) is 0 Å². The number of amides is 1. The van der Waals surface area contributed by atoms with Crippen molar-refractivity contribution >= 4 is 22.0 Å². The molecule has 1 amide bonds. The molecule has 1 heterocycles. The Balaban J connectivity index is 2.97. The highest BCUT2D eigenvalue weighted by atomic mass is 79.9. The van der Waals surface area contributed by atoms with E-state index in [1.165, 1.54) is 4.90 Å². The first-order valence-corrected chi connectivity index (χ1v) is 7.10. The van der Waals surface area contributed by atoms with Gasteiger partial charge in [0.1, 0.15) is 10.1 Å². The third-order valence-electron chi connectivity index (χ3n) is 2.85. The van der Waals surface area contributed by atoms with E-state index in [0.29, 0.717) is 5.88 Å². The second-order valence-corrected chi connectivity index (χ2v) is 6.39. The fourth-order valence-electron chi connectivity index (χ4n) is 1.75. The molecule has 0 unspecified atom stereocenters. The van der Waals surface area contributed by atoms with Crippen LogP contribution in [0.2, 0.25) is 0 Å². The summed E-state index contributed by atoms with van der Waals surface area (Å²) >= 11 is 3.45. The summed E-state index contributed by atoms with van der Waals surface area (Å²) in [5.74, 6) is 0.493. The van der Waals surface area contributed by atoms with Crippen molar-refractivity contribution in [1.82, 2.24) is 14.7 Å². The molecule has 0 saturated carbocycles. The monoisotopic (exact) mass is 347 g/mol. The largest absolute Gasteiger partial charge is 0.479 e. The second kappa shape index (κ2) is 6.03. The van der Waals surface area contributed by atoms with Gasteiger partial charge in [-0.25, -0.2) is 4.79 Å². The van der Waals surface area contributed by atoms with Gasteiger partial charge in [-0.15, -0.1) is 5.10 Å². The minimum absolute atomic E-state index is 0.208. The molecule has 1 aromatic heterocycles. The van der Waals surface area contributed by atoms with Crippen molar-refractivity contribution in [1.29, 1.82) is 0 Å². The predicted octanol–water partition coefficient (Wildman–Crippen LogP) is 3.12. The number of aryl methyl sites for hydroxylation is 1. The number of rotatable bonds is 3. The molecule has 0 aliphatic rings. The molecule has 0 aliphatic carbocycles. The Morgan fingerprint density at radius 1 is 1.45 bits per heavy atom. The average molecular weight is 348 g/mol. The standard InChI is InChI=1S/C13H22BrN3O3/c1-8(16(5)12(18)20-13(2,3)4)10-9(14)11(19-7)15-17(10)6/h8H,1-7H3/t8-/m1/s1.